The zero-order valence-corrected chi connectivity index (χ0v) is 11.5. The van der Waals surface area contributed by atoms with Gasteiger partial charge in [0.1, 0.15) is 10.1 Å². The van der Waals surface area contributed by atoms with Gasteiger partial charge >= 0.3 is 0 Å². The van der Waals surface area contributed by atoms with E-state index in [-0.39, 0.29) is 0 Å². The predicted molar refractivity (Wildman–Crippen MR) is 70.1 cm³/mol. The summed E-state index contributed by atoms with van der Waals surface area (Å²) in [6.07, 6.45) is 6.72. The van der Waals surface area contributed by atoms with Gasteiger partial charge < -0.3 is 5.32 Å². The third-order valence-corrected chi connectivity index (χ3v) is 3.55. The number of halogens is 1. The first kappa shape index (κ1) is 12.3. The Morgan fingerprint density at radius 1 is 1.29 bits per heavy atom. The summed E-state index contributed by atoms with van der Waals surface area (Å²) in [4.78, 5) is 16.7. The van der Waals surface area contributed by atoms with Crippen molar-refractivity contribution in [2.75, 3.05) is 11.9 Å². The van der Waals surface area contributed by atoms with Gasteiger partial charge in [-0.1, -0.05) is 0 Å². The second kappa shape index (κ2) is 5.92. The monoisotopic (exact) mass is 311 g/mol. The zero-order valence-electron chi connectivity index (χ0n) is 9.09. The van der Waals surface area contributed by atoms with Gasteiger partial charge in [-0.25, -0.2) is 15.0 Å². The third-order valence-electron chi connectivity index (χ3n) is 1.79. The molecule has 0 atom stereocenters. The smallest absolute Gasteiger partial charge is 0.223 e. The van der Waals surface area contributed by atoms with Crippen LogP contribution in [0.1, 0.15) is 6.92 Å². The van der Waals surface area contributed by atoms with Crippen LogP contribution in [0.3, 0.4) is 0 Å². The number of aromatic nitrogens is 4. The van der Waals surface area contributed by atoms with E-state index in [0.29, 0.717) is 5.95 Å². The number of rotatable bonds is 4. The number of anilines is 1. The Balaban J connectivity index is 2.22. The molecule has 0 aromatic carbocycles. The van der Waals surface area contributed by atoms with Crippen molar-refractivity contribution in [2.24, 2.45) is 0 Å². The maximum atomic E-state index is 4.38. The van der Waals surface area contributed by atoms with E-state index < -0.39 is 0 Å². The molecule has 0 aliphatic carbocycles. The van der Waals surface area contributed by atoms with Crippen LogP contribution in [0.25, 0.3) is 0 Å². The molecule has 88 valence electrons. The average Bonchev–Trinajstić information content (AvgIpc) is 2.35. The molecule has 1 N–H and O–H groups in total. The number of nitrogens with one attached hydrogen (secondary N) is 1. The highest BCUT2D eigenvalue weighted by Gasteiger charge is 2.07. The molecule has 17 heavy (non-hydrogen) atoms. The van der Waals surface area contributed by atoms with Crippen LogP contribution in [0.4, 0.5) is 5.95 Å². The third kappa shape index (κ3) is 3.37. The number of nitrogens with zero attached hydrogens (tertiary/aromatic N) is 4. The Hall–Kier alpha value is -1.21. The van der Waals surface area contributed by atoms with Crippen LogP contribution in [0.5, 0.6) is 0 Å². The minimum absolute atomic E-state index is 0.613. The topological polar surface area (TPSA) is 63.6 Å². The van der Waals surface area contributed by atoms with Crippen LogP contribution in [0.15, 0.2) is 39.3 Å². The molecule has 0 aliphatic heterocycles. The van der Waals surface area contributed by atoms with Gasteiger partial charge in [0.2, 0.25) is 5.95 Å². The van der Waals surface area contributed by atoms with Gasteiger partial charge in [-0.05, 0) is 34.6 Å². The lowest BCUT2D eigenvalue weighted by Gasteiger charge is -2.05. The summed E-state index contributed by atoms with van der Waals surface area (Å²) in [5.74, 6) is 0.613. The maximum Gasteiger partial charge on any atom is 0.223 e. The van der Waals surface area contributed by atoms with E-state index in [1.54, 1.807) is 24.8 Å². The van der Waals surface area contributed by atoms with Crippen LogP contribution in [0.2, 0.25) is 0 Å². The minimum Gasteiger partial charge on any atom is -0.354 e. The van der Waals surface area contributed by atoms with Crippen molar-refractivity contribution < 1.29 is 0 Å². The molecule has 5 nitrogen and oxygen atoms in total. The van der Waals surface area contributed by atoms with Crippen molar-refractivity contribution in [1.82, 2.24) is 19.9 Å². The van der Waals surface area contributed by atoms with Crippen LogP contribution < -0.4 is 5.32 Å². The Bertz CT molecular complexity index is 493. The zero-order chi connectivity index (χ0) is 12.1. The van der Waals surface area contributed by atoms with Crippen molar-refractivity contribution in [3.05, 3.63) is 29.3 Å². The summed E-state index contributed by atoms with van der Waals surface area (Å²) >= 11 is 4.86. The molecular weight excluding hydrogens is 302 g/mol. The highest BCUT2D eigenvalue weighted by Crippen LogP contribution is 2.30. The molecule has 0 radical (unpaired) electrons. The van der Waals surface area contributed by atoms with Crippen molar-refractivity contribution in [3.63, 3.8) is 0 Å². The molecule has 0 saturated heterocycles. The fraction of sp³-hybridized carbons (Fsp3) is 0.200. The van der Waals surface area contributed by atoms with Crippen molar-refractivity contribution in [1.29, 1.82) is 0 Å². The molecule has 0 spiro atoms. The summed E-state index contributed by atoms with van der Waals surface area (Å²) < 4.78 is 0.842. The fourth-order valence-electron chi connectivity index (χ4n) is 1.10. The Kier molecular flexibility index (Phi) is 4.27. The van der Waals surface area contributed by atoms with Gasteiger partial charge in [-0.2, -0.15) is 0 Å². The van der Waals surface area contributed by atoms with Crippen molar-refractivity contribution >= 4 is 33.6 Å². The first-order chi connectivity index (χ1) is 8.29. The molecule has 2 aromatic heterocycles. The second-order valence-corrected chi connectivity index (χ2v) is 4.89. The van der Waals surface area contributed by atoms with E-state index in [2.05, 4.69) is 41.2 Å². The first-order valence-corrected chi connectivity index (χ1v) is 6.61. The lowest BCUT2D eigenvalue weighted by atomic mass is 10.6. The standard InChI is InChI=1S/C10H10BrN5S/c1-2-13-10-15-5-7(11)9(16-10)17-8-6-12-3-4-14-8/h3-6H,2H2,1H3,(H,13,15,16). The van der Waals surface area contributed by atoms with E-state index in [9.17, 15) is 0 Å². The molecule has 0 aliphatic rings. The fourth-order valence-corrected chi connectivity index (χ4v) is 2.24. The van der Waals surface area contributed by atoms with Crippen molar-refractivity contribution in [3.8, 4) is 0 Å². The maximum absolute atomic E-state index is 4.38. The number of hydrogen-bond acceptors (Lipinski definition) is 6. The molecule has 2 aromatic rings. The Labute approximate surface area is 112 Å². The minimum atomic E-state index is 0.613. The van der Waals surface area contributed by atoms with Gasteiger partial charge in [0.25, 0.3) is 0 Å². The van der Waals surface area contributed by atoms with Crippen LogP contribution in [-0.4, -0.2) is 26.5 Å². The molecule has 0 unspecified atom stereocenters. The second-order valence-electron chi connectivity index (χ2n) is 3.02. The van der Waals surface area contributed by atoms with E-state index in [4.69, 9.17) is 0 Å². The quantitative estimate of drug-likeness (QED) is 0.876. The molecular formula is C10H10BrN5S. The lowest BCUT2D eigenvalue weighted by molar-refractivity contribution is 0.988. The van der Waals surface area contributed by atoms with Crippen LogP contribution in [0, 0.1) is 0 Å². The summed E-state index contributed by atoms with van der Waals surface area (Å²) in [5, 5.41) is 4.68. The molecule has 0 bridgehead atoms. The van der Waals surface area contributed by atoms with Gasteiger partial charge in [0, 0.05) is 25.1 Å². The number of hydrogen-bond donors (Lipinski definition) is 1. The molecule has 7 heteroatoms. The summed E-state index contributed by atoms with van der Waals surface area (Å²) in [6.45, 7) is 2.79. The molecule has 0 amide bonds. The highest BCUT2D eigenvalue weighted by atomic mass is 79.9. The van der Waals surface area contributed by atoms with Gasteiger partial charge in [0.15, 0.2) is 0 Å². The Morgan fingerprint density at radius 3 is 2.88 bits per heavy atom. The highest BCUT2D eigenvalue weighted by molar-refractivity contribution is 9.10. The largest absolute Gasteiger partial charge is 0.354 e. The first-order valence-electron chi connectivity index (χ1n) is 5.00. The average molecular weight is 312 g/mol. The van der Waals surface area contributed by atoms with Crippen LogP contribution in [-0.2, 0) is 0 Å². The molecule has 2 heterocycles. The Morgan fingerprint density at radius 2 is 2.18 bits per heavy atom. The van der Waals surface area contributed by atoms with Gasteiger partial charge in [-0.3, -0.25) is 4.98 Å². The van der Waals surface area contributed by atoms with E-state index in [0.717, 1.165) is 21.1 Å². The molecule has 2 rings (SSSR count). The summed E-state index contributed by atoms with van der Waals surface area (Å²) in [5.41, 5.74) is 0. The summed E-state index contributed by atoms with van der Waals surface area (Å²) in [7, 11) is 0. The molecule has 0 fully saturated rings. The van der Waals surface area contributed by atoms with E-state index in [1.807, 2.05) is 6.92 Å². The van der Waals surface area contributed by atoms with E-state index in [1.165, 1.54) is 11.8 Å². The van der Waals surface area contributed by atoms with E-state index >= 15 is 0 Å². The lowest BCUT2D eigenvalue weighted by Crippen LogP contribution is -2.02. The normalized spacial score (nSPS) is 10.2. The van der Waals surface area contributed by atoms with Crippen molar-refractivity contribution in [2.45, 2.75) is 17.0 Å². The summed E-state index contributed by atoms with van der Waals surface area (Å²) in [6, 6.07) is 0. The van der Waals surface area contributed by atoms with Gasteiger partial charge in [0.05, 0.1) is 10.7 Å². The van der Waals surface area contributed by atoms with Gasteiger partial charge in [-0.15, -0.1) is 0 Å². The molecule has 0 saturated carbocycles. The SMILES string of the molecule is CCNc1ncc(Br)c(Sc2cnccn2)n1. The predicted octanol–water partition coefficient (Wildman–Crippen LogP) is 2.61. The van der Waals surface area contributed by atoms with Crippen LogP contribution >= 0.6 is 27.7 Å².